The molecule has 2 aromatic rings. The predicted molar refractivity (Wildman–Crippen MR) is 143 cm³/mol. The van der Waals surface area contributed by atoms with Gasteiger partial charge in [0.1, 0.15) is 5.60 Å². The molecule has 0 fully saturated rings. The van der Waals surface area contributed by atoms with Gasteiger partial charge in [0, 0.05) is 5.56 Å². The van der Waals surface area contributed by atoms with E-state index in [0.29, 0.717) is 41.8 Å². The van der Waals surface area contributed by atoms with Crippen molar-refractivity contribution in [2.24, 2.45) is 0 Å². The van der Waals surface area contributed by atoms with E-state index in [1.807, 2.05) is 20.8 Å². The third-order valence-electron chi connectivity index (χ3n) is 5.15. The summed E-state index contributed by atoms with van der Waals surface area (Å²) in [6.45, 7) is 11.0. The molecular weight excluding hydrogens is 514 g/mol. The zero-order chi connectivity index (χ0) is 28.5. The predicted octanol–water partition coefficient (Wildman–Crippen LogP) is 4.65. The van der Waals surface area contributed by atoms with Gasteiger partial charge >= 0.3 is 6.09 Å². The van der Waals surface area contributed by atoms with Gasteiger partial charge in [0.05, 0.1) is 45.0 Å². The number of aryl methyl sites for hydroxylation is 1. The molecule has 0 aromatic heterocycles. The Labute approximate surface area is 225 Å². The van der Waals surface area contributed by atoms with E-state index in [4.69, 9.17) is 27.9 Å². The van der Waals surface area contributed by atoms with Gasteiger partial charge in [-0.2, -0.15) is 8.42 Å². The van der Waals surface area contributed by atoms with E-state index >= 15 is 0 Å². The Morgan fingerprint density at radius 3 is 2.08 bits per heavy atom. The minimum Gasteiger partial charge on any atom is -0.490 e. The third-order valence-corrected chi connectivity index (χ3v) is 6.45. The third kappa shape index (κ3) is 8.70. The van der Waals surface area contributed by atoms with Crippen LogP contribution in [0.15, 0.2) is 35.2 Å². The molecule has 0 saturated heterocycles. The molecule has 11 heteroatoms. The van der Waals surface area contributed by atoms with E-state index in [2.05, 4.69) is 5.32 Å². The molecule has 0 unspecified atom stereocenters. The highest BCUT2D eigenvalue weighted by atomic mass is 32.2. The van der Waals surface area contributed by atoms with Crippen molar-refractivity contribution in [2.75, 3.05) is 34.0 Å². The zero-order valence-electron chi connectivity index (χ0n) is 23.4. The van der Waals surface area contributed by atoms with Crippen molar-refractivity contribution in [3.05, 3.63) is 41.5 Å². The maximum absolute atomic E-state index is 12.9. The number of alkyl carbamates (subject to hydrolysis) is 1. The number of hydrogen-bond acceptors (Lipinski definition) is 9. The monoisotopic (exact) mass is 553 g/mol. The van der Waals surface area contributed by atoms with Crippen LogP contribution in [0.5, 0.6) is 23.0 Å². The van der Waals surface area contributed by atoms with E-state index in [9.17, 15) is 13.2 Å². The molecule has 0 aliphatic rings. The summed E-state index contributed by atoms with van der Waals surface area (Å²) in [5.41, 5.74) is 0.742. The minimum atomic E-state index is -4.09. The van der Waals surface area contributed by atoms with Crippen molar-refractivity contribution in [1.29, 1.82) is 0 Å². The number of carbonyl (C=O) groups is 1. The molecule has 1 N–H and O–H groups in total. The standard InChI is InChI=1S/C27H39NO9S/c1-9-34-22-16-19(23(35-10-2)25(33-8)24(22)32-7)15-20(28-26(29)37-27(4,5)6)17-36-38(30,31)21-13-11-18(3)12-14-21/h11-14,16,20H,9-10,15,17H2,1-8H3,(H,28,29)/t20-/m0/s1. The van der Waals surface area contributed by atoms with Crippen molar-refractivity contribution >= 4 is 16.2 Å². The lowest BCUT2D eigenvalue weighted by Crippen LogP contribution is -2.43. The van der Waals surface area contributed by atoms with Crippen LogP contribution < -0.4 is 24.3 Å². The van der Waals surface area contributed by atoms with Gasteiger partial charge in [0.15, 0.2) is 11.5 Å². The second-order valence-electron chi connectivity index (χ2n) is 9.39. The lowest BCUT2D eigenvalue weighted by molar-refractivity contribution is 0.0488. The Balaban J connectivity index is 2.46. The summed E-state index contributed by atoms with van der Waals surface area (Å²) in [5, 5.41) is 2.72. The summed E-state index contributed by atoms with van der Waals surface area (Å²) in [5.74, 6) is 1.47. The highest BCUT2D eigenvalue weighted by molar-refractivity contribution is 7.86. The average molecular weight is 554 g/mol. The number of carbonyl (C=O) groups excluding carboxylic acids is 1. The first-order valence-corrected chi connectivity index (χ1v) is 13.7. The molecule has 2 aromatic carbocycles. The molecule has 0 radical (unpaired) electrons. The van der Waals surface area contributed by atoms with Crippen LogP contribution in [0.3, 0.4) is 0 Å². The van der Waals surface area contributed by atoms with Crippen LogP contribution >= 0.6 is 0 Å². The van der Waals surface area contributed by atoms with E-state index < -0.39 is 27.9 Å². The van der Waals surface area contributed by atoms with Crippen LogP contribution in [-0.4, -0.2) is 60.2 Å². The highest BCUT2D eigenvalue weighted by Crippen LogP contribution is 2.47. The minimum absolute atomic E-state index is 0.0128. The number of methoxy groups -OCH3 is 2. The number of nitrogens with one attached hydrogen (secondary N) is 1. The van der Waals surface area contributed by atoms with Crippen molar-refractivity contribution in [3.63, 3.8) is 0 Å². The highest BCUT2D eigenvalue weighted by Gasteiger charge is 2.27. The van der Waals surface area contributed by atoms with Crippen LogP contribution in [0.4, 0.5) is 4.79 Å². The van der Waals surface area contributed by atoms with Gasteiger partial charge in [-0.05, 0) is 66.2 Å². The molecule has 0 bridgehead atoms. The van der Waals surface area contributed by atoms with Gasteiger partial charge in [-0.3, -0.25) is 4.18 Å². The first kappa shape index (κ1) is 31.0. The van der Waals surface area contributed by atoms with E-state index in [0.717, 1.165) is 5.56 Å². The summed E-state index contributed by atoms with van der Waals surface area (Å²) in [6.07, 6.45) is -0.611. The van der Waals surface area contributed by atoms with Crippen LogP contribution in [-0.2, 0) is 25.5 Å². The molecule has 2 rings (SSSR count). The molecule has 212 valence electrons. The number of benzene rings is 2. The van der Waals surface area contributed by atoms with E-state index in [1.54, 1.807) is 39.0 Å². The van der Waals surface area contributed by atoms with Crippen molar-refractivity contribution < 1.29 is 41.1 Å². The fourth-order valence-electron chi connectivity index (χ4n) is 3.58. The maximum Gasteiger partial charge on any atom is 0.407 e. The summed E-state index contributed by atoms with van der Waals surface area (Å²) in [4.78, 5) is 12.7. The van der Waals surface area contributed by atoms with Gasteiger partial charge in [0.2, 0.25) is 11.5 Å². The summed E-state index contributed by atoms with van der Waals surface area (Å²) in [6, 6.07) is 7.19. The number of rotatable bonds is 13. The second kappa shape index (κ2) is 13.6. The number of hydrogen-bond donors (Lipinski definition) is 1. The van der Waals surface area contributed by atoms with E-state index in [1.165, 1.54) is 26.4 Å². The number of ether oxygens (including phenoxy) is 5. The smallest absolute Gasteiger partial charge is 0.407 e. The molecule has 0 aliphatic carbocycles. The lowest BCUT2D eigenvalue weighted by atomic mass is 10.0. The Morgan fingerprint density at radius 1 is 0.947 bits per heavy atom. The average Bonchev–Trinajstić information content (AvgIpc) is 2.83. The van der Waals surface area contributed by atoms with Crippen LogP contribution in [0.1, 0.15) is 45.7 Å². The van der Waals surface area contributed by atoms with Crippen molar-refractivity contribution in [2.45, 2.75) is 64.5 Å². The van der Waals surface area contributed by atoms with E-state index in [-0.39, 0.29) is 17.9 Å². The summed E-state index contributed by atoms with van der Waals surface area (Å²) in [7, 11) is -1.12. The van der Waals surface area contributed by atoms with Gasteiger partial charge in [0.25, 0.3) is 10.1 Å². The molecule has 38 heavy (non-hydrogen) atoms. The number of amides is 1. The van der Waals surface area contributed by atoms with Crippen molar-refractivity contribution in [1.82, 2.24) is 5.32 Å². The van der Waals surface area contributed by atoms with Gasteiger partial charge < -0.3 is 29.0 Å². The molecule has 0 spiro atoms. The molecule has 10 nitrogen and oxygen atoms in total. The van der Waals surface area contributed by atoms with Crippen LogP contribution in [0, 0.1) is 6.92 Å². The first-order valence-electron chi connectivity index (χ1n) is 12.3. The Hall–Kier alpha value is -3.18. The zero-order valence-corrected chi connectivity index (χ0v) is 24.2. The summed E-state index contributed by atoms with van der Waals surface area (Å²) < 4.78 is 59.2. The molecule has 0 aliphatic heterocycles. The quantitative estimate of drug-likeness (QED) is 0.354. The molecule has 0 saturated carbocycles. The van der Waals surface area contributed by atoms with Gasteiger partial charge in [-0.25, -0.2) is 4.79 Å². The Bertz CT molecular complexity index is 1170. The fourth-order valence-corrected chi connectivity index (χ4v) is 4.53. The van der Waals surface area contributed by atoms with Gasteiger partial charge in [-0.1, -0.05) is 17.7 Å². The Kier molecular flexibility index (Phi) is 11.1. The molecule has 1 amide bonds. The largest absolute Gasteiger partial charge is 0.490 e. The van der Waals surface area contributed by atoms with Gasteiger partial charge in [-0.15, -0.1) is 0 Å². The fraction of sp³-hybridized carbons (Fsp3) is 0.519. The normalized spacial score (nSPS) is 12.4. The Morgan fingerprint density at radius 2 is 1.55 bits per heavy atom. The van der Waals surface area contributed by atoms with Crippen LogP contribution in [0.2, 0.25) is 0 Å². The first-order chi connectivity index (χ1) is 17.8. The SMILES string of the molecule is CCOc1cc(C[C@@H](COS(=O)(=O)c2ccc(C)cc2)NC(=O)OC(C)(C)C)c(OCC)c(OC)c1OC. The topological polar surface area (TPSA) is 119 Å². The maximum atomic E-state index is 12.9. The molecule has 0 heterocycles. The van der Waals surface area contributed by atoms with Crippen LogP contribution in [0.25, 0.3) is 0 Å². The second-order valence-corrected chi connectivity index (χ2v) is 11.0. The molecule has 1 atom stereocenters. The molecular formula is C27H39NO9S. The summed E-state index contributed by atoms with van der Waals surface area (Å²) >= 11 is 0. The lowest BCUT2D eigenvalue weighted by Gasteiger charge is -2.25. The van der Waals surface area contributed by atoms with Crippen molar-refractivity contribution in [3.8, 4) is 23.0 Å².